The van der Waals surface area contributed by atoms with Crippen LogP contribution < -0.4 is 4.90 Å². The number of anilines is 3. The maximum absolute atomic E-state index is 5.18. The van der Waals surface area contributed by atoms with E-state index in [0.717, 1.165) is 56.2 Å². The van der Waals surface area contributed by atoms with Gasteiger partial charge in [-0.25, -0.2) is 9.97 Å². The van der Waals surface area contributed by atoms with Crippen molar-refractivity contribution in [3.63, 3.8) is 0 Å². The van der Waals surface area contributed by atoms with E-state index in [-0.39, 0.29) is 0 Å². The predicted octanol–water partition coefficient (Wildman–Crippen LogP) is 10.9. The van der Waals surface area contributed by atoms with E-state index in [2.05, 4.69) is 130 Å². The molecule has 9 aromatic rings. The van der Waals surface area contributed by atoms with E-state index >= 15 is 0 Å². The molecule has 6 aromatic carbocycles. The first-order valence-corrected chi connectivity index (χ1v) is 16.1. The normalized spacial score (nSPS) is 12.1. The van der Waals surface area contributed by atoms with Gasteiger partial charge in [-0.3, -0.25) is 9.88 Å². The van der Waals surface area contributed by atoms with E-state index in [1.54, 1.807) is 0 Å². The lowest BCUT2D eigenvalue weighted by Crippen LogP contribution is -2.18. The standard InChI is InChI=1S/C43H27N5/c1-3-11-28(12-4-1)37-22-24-45-43(46-37)48-39-19-10-14-29-13-9-17-32(42(29)39)34-26-35-33-25-30(36-18-7-8-23-44-36)20-21-38(33)47(40(35)27-41(34)48)31-15-5-2-6-16-31/h1-27H. The number of aromatic nitrogens is 4. The Hall–Kier alpha value is -6.59. The minimum Gasteiger partial charge on any atom is -0.309 e. The number of nitrogens with zero attached hydrogens (tertiary/aromatic N) is 5. The van der Waals surface area contributed by atoms with Gasteiger partial charge in [-0.15, -0.1) is 0 Å². The Morgan fingerprint density at radius 2 is 1.25 bits per heavy atom. The van der Waals surface area contributed by atoms with Crippen molar-refractivity contribution in [3.05, 3.63) is 164 Å². The van der Waals surface area contributed by atoms with Crippen LogP contribution in [0.25, 0.3) is 71.9 Å². The van der Waals surface area contributed by atoms with Crippen molar-refractivity contribution in [2.24, 2.45) is 0 Å². The van der Waals surface area contributed by atoms with Crippen LogP contribution in [0.2, 0.25) is 0 Å². The molecule has 48 heavy (non-hydrogen) atoms. The van der Waals surface area contributed by atoms with Gasteiger partial charge in [-0.2, -0.15) is 0 Å². The fraction of sp³-hybridized carbons (Fsp3) is 0. The lowest BCUT2D eigenvalue weighted by atomic mass is 9.90. The van der Waals surface area contributed by atoms with Crippen molar-refractivity contribution in [3.8, 4) is 39.3 Å². The number of fused-ring (bicyclic) bond motifs is 5. The number of para-hydroxylation sites is 1. The van der Waals surface area contributed by atoms with Crippen molar-refractivity contribution in [1.82, 2.24) is 19.5 Å². The fourth-order valence-electron chi connectivity index (χ4n) is 7.31. The molecule has 5 heteroatoms. The van der Waals surface area contributed by atoms with Crippen molar-refractivity contribution >= 4 is 49.9 Å². The SMILES string of the molecule is c1ccc(-c2ccnc(N3c4cc5c(cc4-c4cccc6cccc3c46)c3cc(-c4ccccn4)ccc3n5-c3ccccc3)n2)cc1. The number of hydrogen-bond donors (Lipinski definition) is 0. The van der Waals surface area contributed by atoms with Crippen LogP contribution in [0.3, 0.4) is 0 Å². The summed E-state index contributed by atoms with van der Waals surface area (Å²) in [6.45, 7) is 0. The highest BCUT2D eigenvalue weighted by Crippen LogP contribution is 2.52. The summed E-state index contributed by atoms with van der Waals surface area (Å²) in [7, 11) is 0. The molecule has 10 rings (SSSR count). The Morgan fingerprint density at radius 3 is 2.08 bits per heavy atom. The molecule has 0 bridgehead atoms. The van der Waals surface area contributed by atoms with Crippen LogP contribution in [-0.2, 0) is 0 Å². The first-order chi connectivity index (χ1) is 23.8. The average molecular weight is 614 g/mol. The van der Waals surface area contributed by atoms with Gasteiger partial charge >= 0.3 is 0 Å². The summed E-state index contributed by atoms with van der Waals surface area (Å²) in [5.41, 5.74) is 11.8. The summed E-state index contributed by atoms with van der Waals surface area (Å²) < 4.78 is 2.37. The van der Waals surface area contributed by atoms with Crippen LogP contribution >= 0.6 is 0 Å². The van der Waals surface area contributed by atoms with Crippen LogP contribution in [0.1, 0.15) is 0 Å². The molecule has 224 valence electrons. The average Bonchev–Trinajstić information content (AvgIpc) is 3.48. The summed E-state index contributed by atoms with van der Waals surface area (Å²) in [5.74, 6) is 0.638. The highest BCUT2D eigenvalue weighted by Gasteiger charge is 2.29. The second kappa shape index (κ2) is 10.5. The molecule has 1 aliphatic rings. The number of pyridine rings is 1. The monoisotopic (exact) mass is 613 g/mol. The smallest absolute Gasteiger partial charge is 0.235 e. The molecule has 1 aliphatic heterocycles. The molecular formula is C43H27N5. The molecule has 0 atom stereocenters. The summed E-state index contributed by atoms with van der Waals surface area (Å²) >= 11 is 0. The van der Waals surface area contributed by atoms with Crippen LogP contribution in [-0.4, -0.2) is 19.5 Å². The zero-order valence-electron chi connectivity index (χ0n) is 25.8. The van der Waals surface area contributed by atoms with Crippen LogP contribution in [0.5, 0.6) is 0 Å². The van der Waals surface area contributed by atoms with Crippen LogP contribution in [0.15, 0.2) is 164 Å². The maximum atomic E-state index is 5.18. The van der Waals surface area contributed by atoms with E-state index in [0.29, 0.717) is 5.95 Å². The molecule has 0 fully saturated rings. The second-order valence-corrected chi connectivity index (χ2v) is 12.1. The van der Waals surface area contributed by atoms with Gasteiger partial charge in [-0.05, 0) is 71.6 Å². The molecule has 0 N–H and O–H groups in total. The first kappa shape index (κ1) is 26.6. The van der Waals surface area contributed by atoms with Crippen LogP contribution in [0, 0.1) is 0 Å². The summed E-state index contributed by atoms with van der Waals surface area (Å²) in [6.07, 6.45) is 3.72. The van der Waals surface area contributed by atoms with Gasteiger partial charge in [0.1, 0.15) is 0 Å². The van der Waals surface area contributed by atoms with Gasteiger partial charge < -0.3 is 4.57 Å². The Labute approximate surface area is 277 Å². The third kappa shape index (κ3) is 4.01. The molecule has 0 unspecified atom stereocenters. The second-order valence-electron chi connectivity index (χ2n) is 12.1. The quantitative estimate of drug-likeness (QED) is 0.198. The predicted molar refractivity (Wildman–Crippen MR) is 196 cm³/mol. The molecule has 0 amide bonds. The third-order valence-corrected chi connectivity index (χ3v) is 9.42. The van der Waals surface area contributed by atoms with Gasteiger partial charge in [0.05, 0.1) is 33.8 Å². The Bertz CT molecular complexity index is 2660. The Morgan fingerprint density at radius 1 is 0.458 bits per heavy atom. The highest BCUT2D eigenvalue weighted by molar-refractivity contribution is 6.19. The lowest BCUT2D eigenvalue weighted by molar-refractivity contribution is 1.08. The van der Waals surface area contributed by atoms with Gasteiger partial charge in [-0.1, -0.05) is 91.0 Å². The molecule has 3 aromatic heterocycles. The van der Waals surface area contributed by atoms with Crippen molar-refractivity contribution < 1.29 is 0 Å². The molecule has 5 nitrogen and oxygen atoms in total. The van der Waals surface area contributed by atoms with Gasteiger partial charge in [0.25, 0.3) is 0 Å². The Balaban J connectivity index is 1.31. The van der Waals surface area contributed by atoms with E-state index in [4.69, 9.17) is 9.97 Å². The topological polar surface area (TPSA) is 46.8 Å². The molecule has 0 saturated heterocycles. The number of hydrogen-bond acceptors (Lipinski definition) is 4. The van der Waals surface area contributed by atoms with Gasteiger partial charge in [0.15, 0.2) is 0 Å². The molecule has 0 aliphatic carbocycles. The molecule has 0 radical (unpaired) electrons. The summed E-state index contributed by atoms with van der Waals surface area (Å²) in [5, 5.41) is 4.74. The third-order valence-electron chi connectivity index (χ3n) is 9.42. The van der Waals surface area contributed by atoms with Gasteiger partial charge in [0.2, 0.25) is 5.95 Å². The zero-order valence-corrected chi connectivity index (χ0v) is 25.8. The maximum Gasteiger partial charge on any atom is 0.235 e. The number of rotatable bonds is 4. The van der Waals surface area contributed by atoms with E-state index in [1.165, 1.54) is 27.1 Å². The number of benzene rings is 6. The minimum absolute atomic E-state index is 0.638. The lowest BCUT2D eigenvalue weighted by Gasteiger charge is -2.32. The highest BCUT2D eigenvalue weighted by atomic mass is 15.3. The van der Waals surface area contributed by atoms with Crippen molar-refractivity contribution in [2.75, 3.05) is 4.90 Å². The zero-order chi connectivity index (χ0) is 31.6. The van der Waals surface area contributed by atoms with Gasteiger partial charge in [0, 0.05) is 50.9 Å². The van der Waals surface area contributed by atoms with Crippen molar-refractivity contribution in [2.45, 2.75) is 0 Å². The molecule has 0 saturated carbocycles. The van der Waals surface area contributed by atoms with E-state index < -0.39 is 0 Å². The summed E-state index contributed by atoms with van der Waals surface area (Å²) in [6, 6.07) is 53.4. The minimum atomic E-state index is 0.638. The van der Waals surface area contributed by atoms with Crippen LogP contribution in [0.4, 0.5) is 17.3 Å². The first-order valence-electron chi connectivity index (χ1n) is 16.1. The Kier molecular flexibility index (Phi) is 5.81. The molecular weight excluding hydrogens is 587 g/mol. The van der Waals surface area contributed by atoms with Crippen molar-refractivity contribution in [1.29, 1.82) is 0 Å². The largest absolute Gasteiger partial charge is 0.309 e. The fourth-order valence-corrected chi connectivity index (χ4v) is 7.31. The molecule has 0 spiro atoms. The van der Waals surface area contributed by atoms with E-state index in [1.807, 2.05) is 48.8 Å². The van der Waals surface area contributed by atoms with E-state index in [9.17, 15) is 0 Å². The summed E-state index contributed by atoms with van der Waals surface area (Å²) in [4.78, 5) is 17.0. The molecule has 4 heterocycles.